The normalized spacial score (nSPS) is 20.7. The lowest BCUT2D eigenvalue weighted by molar-refractivity contribution is 0.0904. The maximum absolute atomic E-state index is 13.7. The van der Waals surface area contributed by atoms with Crippen molar-refractivity contribution in [2.24, 2.45) is 5.92 Å². The standard InChI is InChI=1S/C30H31ClF2N6O3/c31-19-13-23(27(28(32)33)35-14-19)29(40)37-20-7-5-18(6-8-20)16-38-24-3-1-2-4-25(24)39(30(38)41)22-9-10-26(34-15-22)36-21-11-12-42-17-21/h1-4,9-10,13-15,18,20-21,28H,5-8,11-12,16-17H2,(H,34,36)(H,37,40). The van der Waals surface area contributed by atoms with Crippen molar-refractivity contribution in [3.63, 3.8) is 0 Å². The molecule has 0 bridgehead atoms. The van der Waals surface area contributed by atoms with Crippen LogP contribution < -0.4 is 16.3 Å². The van der Waals surface area contributed by atoms with Crippen LogP contribution in [0.25, 0.3) is 16.7 Å². The first-order valence-electron chi connectivity index (χ1n) is 14.1. The second kappa shape index (κ2) is 12.2. The van der Waals surface area contributed by atoms with Gasteiger partial charge in [-0.1, -0.05) is 23.7 Å². The number of hydrogen-bond acceptors (Lipinski definition) is 6. The number of nitrogens with one attached hydrogen (secondary N) is 2. The number of fused-ring (bicyclic) bond motifs is 1. The number of para-hydroxylation sites is 2. The second-order valence-electron chi connectivity index (χ2n) is 10.9. The minimum atomic E-state index is -2.88. The van der Waals surface area contributed by atoms with Gasteiger partial charge in [-0.05, 0) is 68.4 Å². The van der Waals surface area contributed by atoms with Gasteiger partial charge in [0.25, 0.3) is 12.3 Å². The van der Waals surface area contributed by atoms with E-state index in [9.17, 15) is 18.4 Å². The Bertz CT molecular complexity index is 1630. The van der Waals surface area contributed by atoms with Gasteiger partial charge in [-0.15, -0.1) is 0 Å². The number of anilines is 1. The molecule has 0 spiro atoms. The number of aromatic nitrogens is 4. The van der Waals surface area contributed by atoms with Crippen molar-refractivity contribution in [3.05, 3.63) is 81.6 Å². The zero-order valence-electron chi connectivity index (χ0n) is 22.8. The lowest BCUT2D eigenvalue weighted by Gasteiger charge is -2.29. The number of ether oxygens (including phenoxy) is 1. The molecule has 1 unspecified atom stereocenters. The molecule has 42 heavy (non-hydrogen) atoms. The molecule has 6 rings (SSSR count). The second-order valence-corrected chi connectivity index (χ2v) is 11.3. The Kier molecular flexibility index (Phi) is 8.21. The Morgan fingerprint density at radius 2 is 1.81 bits per heavy atom. The molecule has 1 aliphatic heterocycles. The fourth-order valence-electron chi connectivity index (χ4n) is 5.91. The van der Waals surface area contributed by atoms with E-state index >= 15 is 0 Å². The summed E-state index contributed by atoms with van der Waals surface area (Å²) in [4.78, 5) is 34.7. The number of benzene rings is 1. The van der Waals surface area contributed by atoms with Crippen molar-refractivity contribution in [3.8, 4) is 5.69 Å². The van der Waals surface area contributed by atoms with E-state index < -0.39 is 18.0 Å². The Hall–Kier alpha value is -3.83. The largest absolute Gasteiger partial charge is 0.379 e. The quantitative estimate of drug-likeness (QED) is 0.284. The summed E-state index contributed by atoms with van der Waals surface area (Å²) >= 11 is 5.91. The first-order valence-corrected chi connectivity index (χ1v) is 14.5. The minimum absolute atomic E-state index is 0.125. The third-order valence-corrected chi connectivity index (χ3v) is 8.29. The van der Waals surface area contributed by atoms with E-state index in [1.54, 1.807) is 10.8 Å². The number of hydrogen-bond donors (Lipinski definition) is 2. The van der Waals surface area contributed by atoms with Gasteiger partial charge in [0.1, 0.15) is 11.5 Å². The van der Waals surface area contributed by atoms with Gasteiger partial charge in [0.15, 0.2) is 0 Å². The highest BCUT2D eigenvalue weighted by atomic mass is 35.5. The molecule has 3 aromatic heterocycles. The van der Waals surface area contributed by atoms with Crippen LogP contribution >= 0.6 is 11.6 Å². The van der Waals surface area contributed by atoms with Crippen LogP contribution in [0.5, 0.6) is 0 Å². The molecule has 1 aromatic carbocycles. The van der Waals surface area contributed by atoms with Crippen molar-refractivity contribution in [1.82, 2.24) is 24.4 Å². The predicted octanol–water partition coefficient (Wildman–Crippen LogP) is 5.36. The van der Waals surface area contributed by atoms with E-state index in [-0.39, 0.29) is 34.3 Å². The van der Waals surface area contributed by atoms with Crippen LogP contribution in [0.15, 0.2) is 59.7 Å². The molecule has 220 valence electrons. The zero-order valence-corrected chi connectivity index (χ0v) is 23.6. The van der Waals surface area contributed by atoms with Gasteiger partial charge in [0, 0.05) is 25.4 Å². The van der Waals surface area contributed by atoms with Gasteiger partial charge in [-0.2, -0.15) is 0 Å². The van der Waals surface area contributed by atoms with Crippen LogP contribution in [0.1, 0.15) is 54.6 Å². The molecule has 4 aromatic rings. The van der Waals surface area contributed by atoms with Gasteiger partial charge < -0.3 is 15.4 Å². The molecule has 1 aliphatic carbocycles. The van der Waals surface area contributed by atoms with Crippen LogP contribution in [0.3, 0.4) is 0 Å². The fourth-order valence-corrected chi connectivity index (χ4v) is 6.07. The van der Waals surface area contributed by atoms with Crippen molar-refractivity contribution in [1.29, 1.82) is 0 Å². The van der Waals surface area contributed by atoms with Gasteiger partial charge in [-0.25, -0.2) is 18.6 Å². The van der Waals surface area contributed by atoms with Gasteiger partial charge in [-0.3, -0.25) is 18.9 Å². The number of carbonyl (C=O) groups excluding carboxylic acids is 1. The molecule has 2 N–H and O–H groups in total. The first kappa shape index (κ1) is 28.3. The van der Waals surface area contributed by atoms with E-state index in [0.717, 1.165) is 48.9 Å². The lowest BCUT2D eigenvalue weighted by atomic mass is 9.85. The molecule has 2 fully saturated rings. The van der Waals surface area contributed by atoms with Crippen molar-refractivity contribution >= 4 is 34.4 Å². The molecule has 1 saturated carbocycles. The summed E-state index contributed by atoms with van der Waals surface area (Å²) in [7, 11) is 0. The van der Waals surface area contributed by atoms with Crippen LogP contribution in [0.2, 0.25) is 5.02 Å². The first-order chi connectivity index (χ1) is 20.4. The van der Waals surface area contributed by atoms with E-state index in [1.165, 1.54) is 6.07 Å². The highest BCUT2D eigenvalue weighted by Gasteiger charge is 2.27. The number of alkyl halides is 2. The maximum atomic E-state index is 13.7. The van der Waals surface area contributed by atoms with Gasteiger partial charge in [0.05, 0.1) is 46.2 Å². The van der Waals surface area contributed by atoms with Crippen LogP contribution in [0.4, 0.5) is 14.6 Å². The number of amides is 1. The molecule has 9 nitrogen and oxygen atoms in total. The molecule has 1 saturated heterocycles. The summed E-state index contributed by atoms with van der Waals surface area (Å²) < 4.78 is 35.7. The Balaban J connectivity index is 1.14. The number of rotatable bonds is 8. The monoisotopic (exact) mass is 596 g/mol. The number of imidazole rings is 1. The zero-order chi connectivity index (χ0) is 29.2. The summed E-state index contributed by atoms with van der Waals surface area (Å²) in [6.07, 6.45) is 3.77. The van der Waals surface area contributed by atoms with Crippen LogP contribution in [-0.2, 0) is 11.3 Å². The molecule has 1 amide bonds. The summed E-state index contributed by atoms with van der Waals surface area (Å²) in [5.41, 5.74) is 1.42. The summed E-state index contributed by atoms with van der Waals surface area (Å²) in [5.74, 6) is 0.360. The molecule has 12 heteroatoms. The van der Waals surface area contributed by atoms with E-state index in [1.807, 2.05) is 41.0 Å². The highest BCUT2D eigenvalue weighted by molar-refractivity contribution is 6.30. The Morgan fingerprint density at radius 1 is 1.02 bits per heavy atom. The summed E-state index contributed by atoms with van der Waals surface area (Å²) in [6.45, 7) is 1.93. The van der Waals surface area contributed by atoms with Gasteiger partial charge >= 0.3 is 5.69 Å². The maximum Gasteiger partial charge on any atom is 0.333 e. The molecule has 2 aliphatic rings. The third-order valence-electron chi connectivity index (χ3n) is 8.08. The average molecular weight is 597 g/mol. The molecule has 1 atom stereocenters. The minimum Gasteiger partial charge on any atom is -0.379 e. The third kappa shape index (κ3) is 5.89. The number of nitrogens with zero attached hydrogens (tertiary/aromatic N) is 4. The van der Waals surface area contributed by atoms with Crippen LogP contribution in [-0.4, -0.2) is 50.3 Å². The van der Waals surface area contributed by atoms with Crippen LogP contribution in [0, 0.1) is 5.92 Å². The Morgan fingerprint density at radius 3 is 2.50 bits per heavy atom. The number of pyridine rings is 2. The van der Waals surface area contributed by atoms with Crippen molar-refractivity contribution in [2.75, 3.05) is 18.5 Å². The SMILES string of the molecule is O=C(NC1CCC(Cn2c(=O)n(-c3ccc(NC4CCOC4)nc3)c3ccccc32)CC1)c1cc(Cl)cnc1C(F)F. The summed E-state index contributed by atoms with van der Waals surface area (Å²) in [5, 5.41) is 6.37. The smallest absolute Gasteiger partial charge is 0.333 e. The lowest BCUT2D eigenvalue weighted by Crippen LogP contribution is -2.39. The highest BCUT2D eigenvalue weighted by Crippen LogP contribution is 2.29. The van der Waals surface area contributed by atoms with E-state index in [2.05, 4.69) is 20.6 Å². The summed E-state index contributed by atoms with van der Waals surface area (Å²) in [6, 6.07) is 12.8. The Labute approximate surface area is 245 Å². The molecular weight excluding hydrogens is 566 g/mol. The number of carbonyl (C=O) groups is 1. The number of halogens is 3. The van der Waals surface area contributed by atoms with E-state index in [0.29, 0.717) is 31.7 Å². The van der Waals surface area contributed by atoms with E-state index in [4.69, 9.17) is 16.3 Å². The topological polar surface area (TPSA) is 103 Å². The fraction of sp³-hybridized carbons (Fsp3) is 0.400. The molecular formula is C30H31ClF2N6O3. The average Bonchev–Trinajstić information content (AvgIpc) is 3.60. The van der Waals surface area contributed by atoms with Crippen molar-refractivity contribution < 1.29 is 18.3 Å². The van der Waals surface area contributed by atoms with Gasteiger partial charge in [0.2, 0.25) is 0 Å². The molecule has 4 heterocycles. The molecule has 0 radical (unpaired) electrons. The van der Waals surface area contributed by atoms with Crippen molar-refractivity contribution in [2.45, 2.75) is 57.2 Å². The predicted molar refractivity (Wildman–Crippen MR) is 156 cm³/mol.